The topological polar surface area (TPSA) is 40.5 Å². The predicted molar refractivity (Wildman–Crippen MR) is 31.9 cm³/mol. The predicted octanol–water partition coefficient (Wildman–Crippen LogP) is 1.10. The number of aliphatic hydroxyl groups is 2. The van der Waals surface area contributed by atoms with Crippen LogP contribution < -0.4 is 0 Å². The Bertz CT molecular complexity index is 101. The first kappa shape index (κ1) is 5.34. The fraction of sp³-hybridized carbons (Fsp3) is 0.333. The van der Waals surface area contributed by atoms with Crippen LogP contribution in [-0.4, -0.2) is 15.0 Å². The van der Waals surface area contributed by atoms with Gasteiger partial charge in [0.25, 0.3) is 0 Å². The third-order valence-corrected chi connectivity index (χ3v) is 2.43. The summed E-state index contributed by atoms with van der Waals surface area (Å²) < 4.78 is -0.486. The van der Waals surface area contributed by atoms with E-state index in [0.29, 0.717) is 0 Å². The Labute approximate surface area is 49.6 Å². The van der Waals surface area contributed by atoms with Gasteiger partial charge in [0, 0.05) is 5.41 Å². The third-order valence-electron chi connectivity index (χ3n) is 0.507. The molecule has 0 aliphatic carbocycles. The SMILES string of the molecule is OC1=CSC(O)S1. The van der Waals surface area contributed by atoms with E-state index in [1.165, 1.54) is 17.2 Å². The minimum absolute atomic E-state index is 0.206. The molecule has 1 aliphatic rings. The first-order chi connectivity index (χ1) is 3.29. The number of aliphatic hydroxyl groups excluding tert-OH is 2. The number of hydrogen-bond acceptors (Lipinski definition) is 4. The van der Waals surface area contributed by atoms with E-state index in [-0.39, 0.29) is 5.09 Å². The van der Waals surface area contributed by atoms with Gasteiger partial charge in [-0.25, -0.2) is 0 Å². The van der Waals surface area contributed by atoms with Crippen LogP contribution >= 0.6 is 23.5 Å². The number of thioether (sulfide) groups is 2. The van der Waals surface area contributed by atoms with E-state index in [4.69, 9.17) is 10.2 Å². The second-order valence-electron chi connectivity index (χ2n) is 1.02. The van der Waals surface area contributed by atoms with Crippen LogP contribution in [0.25, 0.3) is 0 Å². The molecule has 0 saturated heterocycles. The Morgan fingerprint density at radius 2 is 2.43 bits per heavy atom. The van der Waals surface area contributed by atoms with Crippen molar-refractivity contribution in [1.82, 2.24) is 0 Å². The highest BCUT2D eigenvalue weighted by Crippen LogP contribution is 2.35. The normalized spacial score (nSPS) is 30.4. The van der Waals surface area contributed by atoms with E-state index < -0.39 is 4.77 Å². The molecule has 4 heteroatoms. The van der Waals surface area contributed by atoms with Crippen molar-refractivity contribution in [2.24, 2.45) is 0 Å². The first-order valence-corrected chi connectivity index (χ1v) is 3.50. The van der Waals surface area contributed by atoms with E-state index in [1.54, 1.807) is 0 Å². The van der Waals surface area contributed by atoms with Crippen molar-refractivity contribution < 1.29 is 10.2 Å². The van der Waals surface area contributed by atoms with Gasteiger partial charge in [-0.15, -0.1) is 0 Å². The van der Waals surface area contributed by atoms with Gasteiger partial charge in [-0.3, -0.25) is 0 Å². The van der Waals surface area contributed by atoms with Crippen LogP contribution in [0.2, 0.25) is 0 Å². The summed E-state index contributed by atoms with van der Waals surface area (Å²) in [6.45, 7) is 0. The molecule has 0 spiro atoms. The van der Waals surface area contributed by atoms with E-state index in [1.807, 2.05) is 0 Å². The second-order valence-corrected chi connectivity index (χ2v) is 3.37. The van der Waals surface area contributed by atoms with Gasteiger partial charge in [0.2, 0.25) is 0 Å². The molecule has 2 N–H and O–H groups in total. The van der Waals surface area contributed by atoms with Gasteiger partial charge in [-0.05, 0) is 11.8 Å². The largest absolute Gasteiger partial charge is 0.502 e. The van der Waals surface area contributed by atoms with E-state index in [2.05, 4.69) is 0 Å². The molecule has 1 aliphatic heterocycles. The highest BCUT2D eigenvalue weighted by atomic mass is 32.2. The Morgan fingerprint density at radius 3 is 2.57 bits per heavy atom. The van der Waals surface area contributed by atoms with Gasteiger partial charge in [-0.1, -0.05) is 11.8 Å². The van der Waals surface area contributed by atoms with Gasteiger partial charge in [0.15, 0.2) is 9.86 Å². The molecule has 0 amide bonds. The number of rotatable bonds is 0. The molecule has 1 rings (SSSR count). The molecule has 1 heterocycles. The zero-order valence-corrected chi connectivity index (χ0v) is 5.00. The fourth-order valence-electron chi connectivity index (χ4n) is 0.275. The second kappa shape index (κ2) is 1.98. The summed E-state index contributed by atoms with van der Waals surface area (Å²) in [4.78, 5) is 0. The Morgan fingerprint density at radius 1 is 1.71 bits per heavy atom. The molecule has 2 nitrogen and oxygen atoms in total. The molecular formula is C3H4O2S2. The smallest absolute Gasteiger partial charge is 0.159 e. The molecule has 40 valence electrons. The summed E-state index contributed by atoms with van der Waals surface area (Å²) >= 11 is 2.27. The third kappa shape index (κ3) is 1.29. The van der Waals surface area contributed by atoms with Crippen LogP contribution in [0, 0.1) is 0 Å². The molecule has 7 heavy (non-hydrogen) atoms. The molecule has 0 bridgehead atoms. The van der Waals surface area contributed by atoms with Crippen LogP contribution in [-0.2, 0) is 0 Å². The lowest BCUT2D eigenvalue weighted by atomic mass is 11.1. The highest BCUT2D eigenvalue weighted by Gasteiger charge is 2.13. The summed E-state index contributed by atoms with van der Waals surface area (Å²) in [5.41, 5.74) is 0. The van der Waals surface area contributed by atoms with Crippen molar-refractivity contribution in [3.8, 4) is 0 Å². The lowest BCUT2D eigenvalue weighted by Crippen LogP contribution is -1.84. The highest BCUT2D eigenvalue weighted by molar-refractivity contribution is 8.22. The van der Waals surface area contributed by atoms with Gasteiger partial charge >= 0.3 is 0 Å². The maximum Gasteiger partial charge on any atom is 0.159 e. The lowest BCUT2D eigenvalue weighted by Gasteiger charge is -1.92. The average Bonchev–Trinajstić information content (AvgIpc) is 1.87. The van der Waals surface area contributed by atoms with Crippen molar-refractivity contribution in [2.45, 2.75) is 4.77 Å². The van der Waals surface area contributed by atoms with Crippen LogP contribution in [0.5, 0.6) is 0 Å². The Kier molecular flexibility index (Phi) is 1.51. The molecule has 1 atom stereocenters. The summed E-state index contributed by atoms with van der Waals surface area (Å²) in [6, 6.07) is 0. The van der Waals surface area contributed by atoms with E-state index >= 15 is 0 Å². The first-order valence-electron chi connectivity index (χ1n) is 1.68. The Balaban J connectivity index is 2.42. The van der Waals surface area contributed by atoms with Crippen LogP contribution in [0.3, 0.4) is 0 Å². The molecule has 0 aromatic heterocycles. The van der Waals surface area contributed by atoms with Crippen molar-refractivity contribution in [3.63, 3.8) is 0 Å². The minimum Gasteiger partial charge on any atom is -0.502 e. The molecule has 0 saturated carbocycles. The molecule has 0 radical (unpaired) electrons. The quantitative estimate of drug-likeness (QED) is 0.523. The molecule has 0 aromatic rings. The monoisotopic (exact) mass is 136 g/mol. The standard InChI is InChI=1S/C3H4O2S2/c4-2-1-6-3(5)7-2/h1,3-5H. The van der Waals surface area contributed by atoms with Gasteiger partial charge in [-0.2, -0.15) is 0 Å². The zero-order valence-electron chi connectivity index (χ0n) is 3.37. The number of hydrogen-bond donors (Lipinski definition) is 2. The van der Waals surface area contributed by atoms with Crippen molar-refractivity contribution in [2.75, 3.05) is 0 Å². The summed E-state index contributed by atoms with van der Waals surface area (Å²) in [5, 5.41) is 18.9. The van der Waals surface area contributed by atoms with Crippen molar-refractivity contribution in [1.29, 1.82) is 0 Å². The van der Waals surface area contributed by atoms with Crippen LogP contribution in [0.4, 0.5) is 0 Å². The molecule has 0 aromatic carbocycles. The van der Waals surface area contributed by atoms with Gasteiger partial charge in [0.05, 0.1) is 0 Å². The minimum atomic E-state index is -0.486. The summed E-state index contributed by atoms with van der Waals surface area (Å²) in [7, 11) is 0. The summed E-state index contributed by atoms with van der Waals surface area (Å²) in [6.07, 6.45) is 0. The van der Waals surface area contributed by atoms with Gasteiger partial charge in [0.1, 0.15) is 0 Å². The molecule has 1 unspecified atom stereocenters. The van der Waals surface area contributed by atoms with Gasteiger partial charge < -0.3 is 10.2 Å². The molecular weight excluding hydrogens is 132 g/mol. The van der Waals surface area contributed by atoms with Crippen molar-refractivity contribution in [3.05, 3.63) is 10.5 Å². The maximum absolute atomic E-state index is 8.61. The van der Waals surface area contributed by atoms with E-state index in [9.17, 15) is 0 Å². The average molecular weight is 136 g/mol. The van der Waals surface area contributed by atoms with E-state index in [0.717, 1.165) is 11.8 Å². The van der Waals surface area contributed by atoms with Crippen LogP contribution in [0.1, 0.15) is 0 Å². The fourth-order valence-corrected chi connectivity index (χ4v) is 1.79. The zero-order chi connectivity index (χ0) is 5.28. The molecule has 0 fully saturated rings. The lowest BCUT2D eigenvalue weighted by molar-refractivity contribution is 0.345. The Hall–Kier alpha value is 0.200. The van der Waals surface area contributed by atoms with Crippen molar-refractivity contribution >= 4 is 23.5 Å². The maximum atomic E-state index is 8.61. The van der Waals surface area contributed by atoms with Crippen LogP contribution in [0.15, 0.2) is 10.5 Å². The summed E-state index contributed by atoms with van der Waals surface area (Å²) in [5.74, 6) is 0.